The van der Waals surface area contributed by atoms with Crippen molar-refractivity contribution in [1.82, 2.24) is 20.0 Å². The molecule has 6 heteroatoms. The third kappa shape index (κ3) is 3.48. The summed E-state index contributed by atoms with van der Waals surface area (Å²) in [4.78, 5) is 26.1. The van der Waals surface area contributed by atoms with E-state index < -0.39 is 0 Å². The second-order valence-corrected chi connectivity index (χ2v) is 6.19. The van der Waals surface area contributed by atoms with E-state index in [4.69, 9.17) is 0 Å². The molecule has 2 heterocycles. The molecule has 0 unspecified atom stereocenters. The molecule has 0 aliphatic carbocycles. The lowest BCUT2D eigenvalue weighted by Crippen LogP contribution is -2.47. The summed E-state index contributed by atoms with van der Waals surface area (Å²) in [6.07, 6.45) is 5.78. The quantitative estimate of drug-likeness (QED) is 0.874. The number of carbonyl (C=O) groups is 2. The molecular formula is C16H26N4O2. The summed E-state index contributed by atoms with van der Waals surface area (Å²) >= 11 is 0. The maximum atomic E-state index is 12.5. The van der Waals surface area contributed by atoms with Gasteiger partial charge in [0.05, 0.1) is 12.2 Å². The summed E-state index contributed by atoms with van der Waals surface area (Å²) in [5, 5.41) is 7.31. The monoisotopic (exact) mass is 306 g/mol. The lowest BCUT2D eigenvalue weighted by Gasteiger charge is -2.27. The van der Waals surface area contributed by atoms with Crippen LogP contribution in [0, 0.1) is 0 Å². The van der Waals surface area contributed by atoms with Crippen LogP contribution in [-0.4, -0.2) is 39.1 Å². The molecule has 2 rings (SSSR count). The van der Waals surface area contributed by atoms with Gasteiger partial charge in [0.25, 0.3) is 0 Å². The molecule has 0 saturated carbocycles. The van der Waals surface area contributed by atoms with E-state index in [1.165, 1.54) is 0 Å². The molecule has 0 aromatic carbocycles. The SMILES string of the molecule is CC[C@@H](C(=O)N[C@@H](C)c1cnn(C(C)C)c1)N1CCCC1=O. The Bertz CT molecular complexity index is 538. The van der Waals surface area contributed by atoms with Crippen LogP contribution in [0.15, 0.2) is 12.4 Å². The molecule has 1 aliphatic rings. The van der Waals surface area contributed by atoms with Gasteiger partial charge in [-0.2, -0.15) is 5.10 Å². The number of nitrogens with zero attached hydrogens (tertiary/aromatic N) is 3. The highest BCUT2D eigenvalue weighted by atomic mass is 16.2. The van der Waals surface area contributed by atoms with Crippen molar-refractivity contribution in [3.8, 4) is 0 Å². The van der Waals surface area contributed by atoms with Crippen molar-refractivity contribution in [2.24, 2.45) is 0 Å². The standard InChI is InChI=1S/C16H26N4O2/c1-5-14(19-8-6-7-15(19)21)16(22)18-12(4)13-9-17-20(10-13)11(2)3/h9-12,14H,5-8H2,1-4H3,(H,18,22)/t12-,14-/m0/s1. The summed E-state index contributed by atoms with van der Waals surface area (Å²) in [7, 11) is 0. The van der Waals surface area contributed by atoms with E-state index in [2.05, 4.69) is 24.3 Å². The van der Waals surface area contributed by atoms with Crippen LogP contribution in [0.1, 0.15) is 64.6 Å². The number of amides is 2. The van der Waals surface area contributed by atoms with Gasteiger partial charge >= 0.3 is 0 Å². The Morgan fingerprint density at radius 2 is 2.14 bits per heavy atom. The zero-order valence-electron chi connectivity index (χ0n) is 13.9. The van der Waals surface area contributed by atoms with Crippen LogP contribution in [0.25, 0.3) is 0 Å². The Balaban J connectivity index is 2.01. The molecule has 0 radical (unpaired) electrons. The van der Waals surface area contributed by atoms with E-state index in [9.17, 15) is 9.59 Å². The van der Waals surface area contributed by atoms with Crippen molar-refractivity contribution in [2.45, 2.75) is 65.1 Å². The first-order valence-electron chi connectivity index (χ1n) is 8.08. The average Bonchev–Trinajstić information content (AvgIpc) is 3.09. The summed E-state index contributed by atoms with van der Waals surface area (Å²) < 4.78 is 1.87. The zero-order valence-corrected chi connectivity index (χ0v) is 13.9. The Morgan fingerprint density at radius 3 is 2.64 bits per heavy atom. The van der Waals surface area contributed by atoms with E-state index in [-0.39, 0.29) is 23.9 Å². The number of nitrogens with one attached hydrogen (secondary N) is 1. The number of likely N-dealkylation sites (tertiary alicyclic amines) is 1. The molecule has 22 heavy (non-hydrogen) atoms. The predicted octanol–water partition coefficient (Wildman–Crippen LogP) is 2.04. The maximum absolute atomic E-state index is 12.5. The van der Waals surface area contributed by atoms with Gasteiger partial charge in [-0.15, -0.1) is 0 Å². The number of hydrogen-bond acceptors (Lipinski definition) is 3. The fraction of sp³-hybridized carbons (Fsp3) is 0.688. The van der Waals surface area contributed by atoms with Gasteiger partial charge in [-0.05, 0) is 33.6 Å². The minimum absolute atomic E-state index is 0.0810. The van der Waals surface area contributed by atoms with Crippen LogP contribution in [0.5, 0.6) is 0 Å². The van der Waals surface area contributed by atoms with Gasteiger partial charge in [0.1, 0.15) is 6.04 Å². The maximum Gasteiger partial charge on any atom is 0.243 e. The zero-order chi connectivity index (χ0) is 16.3. The normalized spacial score (nSPS) is 17.9. The molecule has 1 saturated heterocycles. The Labute approximate surface area is 131 Å². The first-order valence-corrected chi connectivity index (χ1v) is 8.08. The minimum atomic E-state index is -0.363. The summed E-state index contributed by atoms with van der Waals surface area (Å²) in [5.41, 5.74) is 0.977. The second-order valence-electron chi connectivity index (χ2n) is 6.19. The van der Waals surface area contributed by atoms with Crippen molar-refractivity contribution >= 4 is 11.8 Å². The Hall–Kier alpha value is -1.85. The lowest BCUT2D eigenvalue weighted by molar-refractivity contribution is -0.137. The van der Waals surface area contributed by atoms with Gasteiger partial charge in [0, 0.05) is 30.8 Å². The number of rotatable bonds is 6. The number of carbonyl (C=O) groups excluding carboxylic acids is 2. The van der Waals surface area contributed by atoms with Gasteiger partial charge in [-0.3, -0.25) is 14.3 Å². The van der Waals surface area contributed by atoms with Gasteiger partial charge in [0.2, 0.25) is 11.8 Å². The van der Waals surface area contributed by atoms with Crippen LogP contribution < -0.4 is 5.32 Å². The van der Waals surface area contributed by atoms with Crippen molar-refractivity contribution in [2.75, 3.05) is 6.54 Å². The second kappa shape index (κ2) is 6.94. The highest BCUT2D eigenvalue weighted by Gasteiger charge is 2.32. The first-order chi connectivity index (χ1) is 10.4. The van der Waals surface area contributed by atoms with E-state index in [1.807, 2.05) is 24.7 Å². The molecule has 1 aliphatic heterocycles. The average molecular weight is 306 g/mol. The van der Waals surface area contributed by atoms with Crippen LogP contribution in [0.4, 0.5) is 0 Å². The number of hydrogen-bond donors (Lipinski definition) is 1. The lowest BCUT2D eigenvalue weighted by atomic mass is 10.1. The summed E-state index contributed by atoms with van der Waals surface area (Å²) in [5.74, 6) is 0.00447. The van der Waals surface area contributed by atoms with Crippen molar-refractivity contribution in [1.29, 1.82) is 0 Å². The third-order valence-electron chi connectivity index (χ3n) is 4.18. The van der Waals surface area contributed by atoms with Crippen LogP contribution in [0.3, 0.4) is 0 Å². The van der Waals surface area contributed by atoms with Crippen LogP contribution in [0.2, 0.25) is 0 Å². The van der Waals surface area contributed by atoms with E-state index in [1.54, 1.807) is 11.1 Å². The van der Waals surface area contributed by atoms with Crippen molar-refractivity contribution < 1.29 is 9.59 Å². The highest BCUT2D eigenvalue weighted by Crippen LogP contribution is 2.18. The molecule has 0 bridgehead atoms. The minimum Gasteiger partial charge on any atom is -0.348 e. The summed E-state index contributed by atoms with van der Waals surface area (Å²) in [6.45, 7) is 8.69. The van der Waals surface area contributed by atoms with Gasteiger partial charge in [0.15, 0.2) is 0 Å². The van der Waals surface area contributed by atoms with Crippen molar-refractivity contribution in [3.63, 3.8) is 0 Å². The third-order valence-corrected chi connectivity index (χ3v) is 4.18. The largest absolute Gasteiger partial charge is 0.348 e. The Morgan fingerprint density at radius 1 is 1.41 bits per heavy atom. The molecular weight excluding hydrogens is 280 g/mol. The Kier molecular flexibility index (Phi) is 5.21. The van der Waals surface area contributed by atoms with E-state index in [0.717, 1.165) is 12.0 Å². The highest BCUT2D eigenvalue weighted by molar-refractivity contribution is 5.88. The predicted molar refractivity (Wildman–Crippen MR) is 84.2 cm³/mol. The van der Waals surface area contributed by atoms with E-state index in [0.29, 0.717) is 25.4 Å². The number of aromatic nitrogens is 2. The molecule has 1 aromatic rings. The fourth-order valence-corrected chi connectivity index (χ4v) is 2.80. The van der Waals surface area contributed by atoms with Gasteiger partial charge < -0.3 is 10.2 Å². The smallest absolute Gasteiger partial charge is 0.243 e. The molecule has 1 N–H and O–H groups in total. The summed E-state index contributed by atoms with van der Waals surface area (Å²) in [6, 6.07) is -0.188. The van der Waals surface area contributed by atoms with Crippen LogP contribution in [-0.2, 0) is 9.59 Å². The molecule has 0 spiro atoms. The molecule has 2 atom stereocenters. The molecule has 2 amide bonds. The first kappa shape index (κ1) is 16.5. The van der Waals surface area contributed by atoms with Gasteiger partial charge in [-0.25, -0.2) is 0 Å². The molecule has 6 nitrogen and oxygen atoms in total. The van der Waals surface area contributed by atoms with Crippen molar-refractivity contribution in [3.05, 3.63) is 18.0 Å². The van der Waals surface area contributed by atoms with Gasteiger partial charge in [-0.1, -0.05) is 6.92 Å². The molecule has 1 aromatic heterocycles. The van der Waals surface area contributed by atoms with E-state index >= 15 is 0 Å². The topological polar surface area (TPSA) is 67.2 Å². The fourth-order valence-electron chi connectivity index (χ4n) is 2.80. The molecule has 122 valence electrons. The molecule has 1 fully saturated rings. The van der Waals surface area contributed by atoms with Crippen LogP contribution >= 0.6 is 0 Å².